The minimum Gasteiger partial charge on any atom is -0.380 e. The molecule has 0 N–H and O–H groups in total. The monoisotopic (exact) mass is 197 g/mol. The molecule has 0 amide bonds. The minimum absolute atomic E-state index is 0.0558. The zero-order valence-electron chi connectivity index (χ0n) is 8.01. The summed E-state index contributed by atoms with van der Waals surface area (Å²) in [7, 11) is 0. The number of thioether (sulfide) groups is 1. The van der Waals surface area contributed by atoms with Crippen molar-refractivity contribution in [3.63, 3.8) is 0 Å². The molecule has 0 aromatic rings. The molecular formula is C10H15NOS. The van der Waals surface area contributed by atoms with Gasteiger partial charge in [0, 0.05) is 5.41 Å². The van der Waals surface area contributed by atoms with Crippen LogP contribution in [-0.4, -0.2) is 23.7 Å². The van der Waals surface area contributed by atoms with E-state index >= 15 is 0 Å². The molecule has 0 atom stereocenters. The van der Waals surface area contributed by atoms with Crippen LogP contribution >= 0.6 is 11.8 Å². The zero-order valence-corrected chi connectivity index (χ0v) is 8.82. The van der Waals surface area contributed by atoms with Gasteiger partial charge in [-0.2, -0.15) is 5.26 Å². The first-order valence-corrected chi connectivity index (χ1v) is 5.86. The van der Waals surface area contributed by atoms with Crippen molar-refractivity contribution in [2.24, 2.45) is 5.41 Å². The summed E-state index contributed by atoms with van der Waals surface area (Å²) in [5.74, 6) is 1.12. The van der Waals surface area contributed by atoms with E-state index in [-0.39, 0.29) is 4.75 Å². The van der Waals surface area contributed by atoms with Crippen LogP contribution in [0.15, 0.2) is 0 Å². The fourth-order valence-corrected chi connectivity index (χ4v) is 3.74. The summed E-state index contributed by atoms with van der Waals surface area (Å²) in [6, 6.07) is 2.48. The average Bonchev–Trinajstić information content (AvgIpc) is 2.01. The van der Waals surface area contributed by atoms with Crippen molar-refractivity contribution in [3.8, 4) is 6.07 Å². The minimum atomic E-state index is -0.0558. The molecule has 1 aliphatic carbocycles. The molecule has 1 aliphatic heterocycles. The van der Waals surface area contributed by atoms with Crippen LogP contribution < -0.4 is 0 Å². The number of hydrogen-bond acceptors (Lipinski definition) is 3. The lowest BCUT2D eigenvalue weighted by Gasteiger charge is -2.56. The molecule has 1 spiro atoms. The van der Waals surface area contributed by atoms with Gasteiger partial charge in [-0.25, -0.2) is 0 Å². The first kappa shape index (κ1) is 9.36. The number of nitriles is 1. The van der Waals surface area contributed by atoms with Crippen LogP contribution in [0.4, 0.5) is 0 Å². The third kappa shape index (κ3) is 1.47. The summed E-state index contributed by atoms with van der Waals surface area (Å²) >= 11 is 1.85. The Bertz CT molecular complexity index is 234. The molecule has 0 aromatic carbocycles. The summed E-state index contributed by atoms with van der Waals surface area (Å²) in [6.45, 7) is 3.95. The third-order valence-corrected chi connectivity index (χ3v) is 4.47. The largest absolute Gasteiger partial charge is 0.380 e. The first-order chi connectivity index (χ1) is 6.24. The van der Waals surface area contributed by atoms with E-state index in [2.05, 4.69) is 13.0 Å². The Morgan fingerprint density at radius 3 is 2.54 bits per heavy atom. The topological polar surface area (TPSA) is 33.0 Å². The van der Waals surface area contributed by atoms with Gasteiger partial charge in [0.15, 0.2) is 0 Å². The fourth-order valence-electron chi connectivity index (χ4n) is 2.27. The average molecular weight is 197 g/mol. The SMILES string of the molecule is CCCSC1(C#N)CC2(COC2)C1. The second-order valence-electron chi connectivity index (χ2n) is 4.30. The highest BCUT2D eigenvalue weighted by Gasteiger charge is 2.59. The molecule has 3 heteroatoms. The Hall–Kier alpha value is -0.200. The van der Waals surface area contributed by atoms with E-state index < -0.39 is 0 Å². The summed E-state index contributed by atoms with van der Waals surface area (Å²) in [5.41, 5.74) is 0.413. The van der Waals surface area contributed by atoms with Crippen molar-refractivity contribution in [2.45, 2.75) is 30.9 Å². The van der Waals surface area contributed by atoms with Gasteiger partial charge in [0.2, 0.25) is 0 Å². The smallest absolute Gasteiger partial charge is 0.104 e. The summed E-state index contributed by atoms with van der Waals surface area (Å²) in [6.07, 6.45) is 3.28. The molecule has 2 rings (SSSR count). The van der Waals surface area contributed by atoms with Crippen LogP contribution in [0.5, 0.6) is 0 Å². The van der Waals surface area contributed by atoms with Gasteiger partial charge in [0.25, 0.3) is 0 Å². The van der Waals surface area contributed by atoms with Crippen LogP contribution in [0.1, 0.15) is 26.2 Å². The Labute approximate surface area is 83.6 Å². The molecule has 2 nitrogen and oxygen atoms in total. The molecule has 0 aromatic heterocycles. The number of ether oxygens (including phenoxy) is 1. The predicted molar refractivity (Wildman–Crippen MR) is 53.6 cm³/mol. The van der Waals surface area contributed by atoms with E-state index in [0.717, 1.165) is 38.2 Å². The van der Waals surface area contributed by atoms with E-state index in [9.17, 15) is 0 Å². The van der Waals surface area contributed by atoms with Crippen molar-refractivity contribution in [1.82, 2.24) is 0 Å². The standard InChI is InChI=1S/C10H15NOS/c1-2-3-13-10(6-11)4-9(5-10)7-12-8-9/h2-5,7-8H2,1H3. The molecule has 2 fully saturated rings. The molecule has 13 heavy (non-hydrogen) atoms. The predicted octanol–water partition coefficient (Wildman–Crippen LogP) is 2.20. The zero-order chi connectivity index (χ0) is 9.36. The Balaban J connectivity index is 1.87. The second-order valence-corrected chi connectivity index (χ2v) is 5.78. The Kier molecular flexibility index (Phi) is 2.29. The van der Waals surface area contributed by atoms with Gasteiger partial charge < -0.3 is 4.74 Å². The lowest BCUT2D eigenvalue weighted by molar-refractivity contribution is -0.161. The lowest BCUT2D eigenvalue weighted by Crippen LogP contribution is -2.59. The van der Waals surface area contributed by atoms with Crippen LogP contribution in [0.25, 0.3) is 0 Å². The van der Waals surface area contributed by atoms with Gasteiger partial charge in [-0.05, 0) is 25.0 Å². The van der Waals surface area contributed by atoms with Crippen LogP contribution in [0.3, 0.4) is 0 Å². The molecule has 72 valence electrons. The highest BCUT2D eigenvalue weighted by atomic mass is 32.2. The molecule has 1 heterocycles. The van der Waals surface area contributed by atoms with Gasteiger partial charge in [0.1, 0.15) is 4.75 Å². The molecule has 1 saturated heterocycles. The molecular weight excluding hydrogens is 182 g/mol. The third-order valence-electron chi connectivity index (χ3n) is 2.92. The van der Waals surface area contributed by atoms with Crippen molar-refractivity contribution < 1.29 is 4.74 Å². The highest BCUT2D eigenvalue weighted by molar-refractivity contribution is 8.00. The van der Waals surface area contributed by atoms with Crippen LogP contribution in [0, 0.1) is 16.7 Å². The maximum absolute atomic E-state index is 9.10. The molecule has 1 saturated carbocycles. The van der Waals surface area contributed by atoms with E-state index in [1.165, 1.54) is 0 Å². The normalized spacial score (nSPS) is 27.4. The molecule has 0 unspecified atom stereocenters. The van der Waals surface area contributed by atoms with E-state index in [0.29, 0.717) is 5.41 Å². The molecule has 0 bridgehead atoms. The Morgan fingerprint density at radius 1 is 1.46 bits per heavy atom. The summed E-state index contributed by atoms with van der Waals surface area (Å²) in [5, 5.41) is 9.10. The second kappa shape index (κ2) is 3.18. The number of nitrogens with zero attached hydrogens (tertiary/aromatic N) is 1. The van der Waals surface area contributed by atoms with Gasteiger partial charge in [-0.15, -0.1) is 11.8 Å². The van der Waals surface area contributed by atoms with E-state index in [4.69, 9.17) is 10.00 Å². The summed E-state index contributed by atoms with van der Waals surface area (Å²) < 4.78 is 5.15. The lowest BCUT2D eigenvalue weighted by atomic mass is 9.60. The highest BCUT2D eigenvalue weighted by Crippen LogP contribution is 2.58. The molecule has 2 aliphatic rings. The van der Waals surface area contributed by atoms with E-state index in [1.807, 2.05) is 11.8 Å². The van der Waals surface area contributed by atoms with Crippen molar-refractivity contribution >= 4 is 11.8 Å². The van der Waals surface area contributed by atoms with Crippen molar-refractivity contribution in [3.05, 3.63) is 0 Å². The quantitative estimate of drug-likeness (QED) is 0.695. The first-order valence-electron chi connectivity index (χ1n) is 4.87. The maximum Gasteiger partial charge on any atom is 0.104 e. The van der Waals surface area contributed by atoms with Gasteiger partial charge >= 0.3 is 0 Å². The number of hydrogen-bond donors (Lipinski definition) is 0. The van der Waals surface area contributed by atoms with Crippen LogP contribution in [-0.2, 0) is 4.74 Å². The van der Waals surface area contributed by atoms with Crippen molar-refractivity contribution in [2.75, 3.05) is 19.0 Å². The van der Waals surface area contributed by atoms with Crippen LogP contribution in [0.2, 0.25) is 0 Å². The number of rotatable bonds is 3. The fraction of sp³-hybridized carbons (Fsp3) is 0.900. The Morgan fingerprint density at radius 2 is 2.15 bits per heavy atom. The van der Waals surface area contributed by atoms with Gasteiger partial charge in [-0.1, -0.05) is 6.92 Å². The van der Waals surface area contributed by atoms with Gasteiger partial charge in [0.05, 0.1) is 19.3 Å². The summed E-state index contributed by atoms with van der Waals surface area (Å²) in [4.78, 5) is 0. The van der Waals surface area contributed by atoms with Crippen molar-refractivity contribution in [1.29, 1.82) is 5.26 Å². The van der Waals surface area contributed by atoms with E-state index in [1.54, 1.807) is 0 Å². The molecule has 0 radical (unpaired) electrons. The maximum atomic E-state index is 9.10. The van der Waals surface area contributed by atoms with Gasteiger partial charge in [-0.3, -0.25) is 0 Å².